The molecule has 1 aliphatic rings. The van der Waals surface area contributed by atoms with Gasteiger partial charge in [-0.15, -0.1) is 0 Å². The molecule has 6 atom stereocenters. The zero-order chi connectivity index (χ0) is 50.2. The number of ether oxygens (including phenoxy) is 2. The average molecular weight is 939 g/mol. The summed E-state index contributed by atoms with van der Waals surface area (Å²) >= 11 is 0. The fourth-order valence-electron chi connectivity index (χ4n) is 8.07. The van der Waals surface area contributed by atoms with Crippen molar-refractivity contribution < 1.29 is 48.8 Å². The minimum absolute atomic E-state index is 0.0120. The number of aliphatic hydroxyl groups is 2. The van der Waals surface area contributed by atoms with Gasteiger partial charge in [-0.3, -0.25) is 24.0 Å². The number of nitrogens with two attached hydrogens (primary N) is 4. The number of carbonyl (C=O) groups is 5. The molecule has 2 amide bonds. The first kappa shape index (κ1) is 52.7. The molecule has 5 rings (SSSR count). The highest BCUT2D eigenvalue weighted by Crippen LogP contribution is 2.45. The minimum Gasteiger partial charge on any atom is -0.504 e. The van der Waals surface area contributed by atoms with Crippen LogP contribution >= 0.6 is 0 Å². The number of phenols is 1. The highest BCUT2D eigenvalue weighted by molar-refractivity contribution is 6.03. The summed E-state index contributed by atoms with van der Waals surface area (Å²) in [6.07, 6.45) is -2.96. The van der Waals surface area contributed by atoms with Gasteiger partial charge in [-0.2, -0.15) is 0 Å². The van der Waals surface area contributed by atoms with Crippen molar-refractivity contribution in [3.63, 3.8) is 0 Å². The Labute approximate surface area is 396 Å². The first-order valence-electron chi connectivity index (χ1n) is 22.7. The van der Waals surface area contributed by atoms with E-state index in [9.17, 15) is 39.3 Å². The third kappa shape index (κ3) is 12.6. The van der Waals surface area contributed by atoms with Gasteiger partial charge in [0.1, 0.15) is 43.0 Å². The Morgan fingerprint density at radius 3 is 2.10 bits per heavy atom. The molecule has 18 heteroatoms. The Morgan fingerprint density at radius 1 is 0.897 bits per heavy atom. The summed E-state index contributed by atoms with van der Waals surface area (Å²) in [7, 11) is 1.38. The second kappa shape index (κ2) is 22.7. The quantitative estimate of drug-likeness (QED) is 0.0706. The Kier molecular flexibility index (Phi) is 17.5. The van der Waals surface area contributed by atoms with Crippen LogP contribution in [0, 0.1) is 18.8 Å². The van der Waals surface area contributed by atoms with Crippen LogP contribution in [0.1, 0.15) is 92.7 Å². The Morgan fingerprint density at radius 2 is 1.53 bits per heavy atom. The first-order chi connectivity index (χ1) is 32.1. The van der Waals surface area contributed by atoms with Crippen molar-refractivity contribution in [3.05, 3.63) is 82.5 Å². The fraction of sp³-hybridized carbons (Fsp3) is 0.460. The van der Waals surface area contributed by atoms with Crippen molar-refractivity contribution in [1.82, 2.24) is 20.2 Å². The van der Waals surface area contributed by atoms with Gasteiger partial charge in [-0.1, -0.05) is 58.0 Å². The minimum atomic E-state index is -1.48. The third-order valence-corrected chi connectivity index (χ3v) is 12.1. The highest BCUT2D eigenvalue weighted by Gasteiger charge is 2.37. The van der Waals surface area contributed by atoms with Crippen molar-refractivity contribution in [2.75, 3.05) is 45.6 Å². The van der Waals surface area contributed by atoms with Crippen LogP contribution in [0.3, 0.4) is 0 Å². The normalized spacial score (nSPS) is 17.9. The largest absolute Gasteiger partial charge is 0.504 e. The van der Waals surface area contributed by atoms with Crippen molar-refractivity contribution >= 4 is 35.0 Å². The number of Topliss-reactive ketones (excluding diaryl/α,β-unsaturated/α-hetero) is 3. The van der Waals surface area contributed by atoms with Crippen molar-refractivity contribution in [2.24, 2.45) is 29.0 Å². The summed E-state index contributed by atoms with van der Waals surface area (Å²) in [4.78, 5) is 80.8. The number of anilines is 1. The van der Waals surface area contributed by atoms with E-state index in [1.165, 1.54) is 37.9 Å². The lowest BCUT2D eigenvalue weighted by Gasteiger charge is -2.32. The molecular formula is C50H66N8O10. The predicted molar refractivity (Wildman–Crippen MR) is 257 cm³/mol. The number of aryl methyl sites for hydroxylation is 1. The molecule has 0 aliphatic carbocycles. The maximum Gasteiger partial charge on any atom is 0.226 e. The molecule has 0 fully saturated rings. The van der Waals surface area contributed by atoms with Crippen molar-refractivity contribution in [1.29, 1.82) is 0 Å². The summed E-state index contributed by atoms with van der Waals surface area (Å²) in [6.45, 7) is 9.87. The SMILES string of the molecule is CC(=O)[C@@H]1Cc2ccc(OC[C@H](O)CN)c(c2)-c2cc(cc(OC[C@H](O)CN)c2O)[C@H](N(C)C(=O)[C@H](CCN)CC(=O)c2c(C)nc(-c3ccc(C(C)(C)C)cc3)nc2N)C(=O)C[C@@H](C)C(=O)N1. The number of benzene rings is 3. The van der Waals surface area contributed by atoms with Gasteiger partial charge >= 0.3 is 0 Å². The van der Waals surface area contributed by atoms with E-state index < -0.39 is 71.7 Å². The van der Waals surface area contributed by atoms with E-state index in [1.807, 2.05) is 24.3 Å². The molecule has 366 valence electrons. The lowest BCUT2D eigenvalue weighted by molar-refractivity contribution is -0.142. The number of likely N-dealkylation sites (N-methyl/N-ethyl adjacent to an activating group) is 1. The van der Waals surface area contributed by atoms with Gasteiger partial charge in [0.25, 0.3) is 0 Å². The number of aliphatic hydroxyl groups excluding tert-OH is 2. The number of nitrogen functional groups attached to an aromatic ring is 1. The molecule has 68 heavy (non-hydrogen) atoms. The van der Waals surface area contributed by atoms with E-state index in [1.54, 1.807) is 25.1 Å². The van der Waals surface area contributed by atoms with E-state index in [0.717, 1.165) is 5.56 Å². The number of rotatable bonds is 17. The lowest BCUT2D eigenvalue weighted by Crippen LogP contribution is -2.45. The summed E-state index contributed by atoms with van der Waals surface area (Å²) in [5.41, 5.74) is 26.9. The maximum atomic E-state index is 14.9. The van der Waals surface area contributed by atoms with Crippen LogP contribution < -0.4 is 37.7 Å². The van der Waals surface area contributed by atoms with Crippen molar-refractivity contribution in [3.8, 4) is 39.8 Å². The van der Waals surface area contributed by atoms with Gasteiger partial charge in [0, 0.05) is 61.5 Å². The Hall–Kier alpha value is -6.31. The monoisotopic (exact) mass is 938 g/mol. The summed E-state index contributed by atoms with van der Waals surface area (Å²) in [5.74, 6) is -5.03. The molecule has 1 aliphatic heterocycles. The molecule has 4 aromatic rings. The number of phenolic OH excluding ortho intramolecular Hbond substituents is 1. The molecule has 0 unspecified atom stereocenters. The second-order valence-electron chi connectivity index (χ2n) is 18.6. The average Bonchev–Trinajstić information content (AvgIpc) is 3.29. The van der Waals surface area contributed by atoms with E-state index >= 15 is 0 Å². The zero-order valence-corrected chi connectivity index (χ0v) is 39.9. The number of fused-ring (bicyclic) bond motifs is 5. The molecule has 3 aromatic carbocycles. The molecule has 2 heterocycles. The molecule has 0 spiro atoms. The lowest BCUT2D eigenvalue weighted by atomic mass is 9.86. The second-order valence-corrected chi connectivity index (χ2v) is 18.6. The summed E-state index contributed by atoms with van der Waals surface area (Å²) < 4.78 is 11.9. The van der Waals surface area contributed by atoms with Crippen LogP contribution in [-0.4, -0.2) is 117 Å². The molecule has 1 aromatic heterocycles. The van der Waals surface area contributed by atoms with Crippen LogP contribution in [0.15, 0.2) is 54.6 Å². The number of carbonyl (C=O) groups excluding carboxylic acids is 5. The number of nitrogens with zero attached hydrogens (tertiary/aromatic N) is 3. The van der Waals surface area contributed by atoms with Crippen LogP contribution in [0.2, 0.25) is 0 Å². The molecule has 0 saturated carbocycles. The van der Waals surface area contributed by atoms with Crippen LogP contribution in [-0.2, 0) is 31.0 Å². The number of ketones is 3. The maximum absolute atomic E-state index is 14.9. The summed E-state index contributed by atoms with van der Waals surface area (Å²) in [6, 6.07) is 12.9. The van der Waals surface area contributed by atoms with Gasteiger partial charge in [0.15, 0.2) is 34.7 Å². The van der Waals surface area contributed by atoms with Crippen molar-refractivity contribution in [2.45, 2.75) is 96.9 Å². The molecule has 0 saturated heterocycles. The first-order valence-corrected chi connectivity index (χ1v) is 22.7. The van der Waals surface area contributed by atoms with Gasteiger partial charge < -0.3 is 57.9 Å². The fourth-order valence-corrected chi connectivity index (χ4v) is 8.07. The third-order valence-electron chi connectivity index (χ3n) is 12.1. The topological polar surface area (TPSA) is 310 Å². The smallest absolute Gasteiger partial charge is 0.226 e. The Bertz CT molecular complexity index is 2470. The van der Waals surface area contributed by atoms with E-state index in [4.69, 9.17) is 32.4 Å². The van der Waals surface area contributed by atoms with Gasteiger partial charge in [-0.05, 0) is 79.6 Å². The number of amides is 2. The van der Waals surface area contributed by atoms with E-state index in [-0.39, 0.29) is 103 Å². The summed E-state index contributed by atoms with van der Waals surface area (Å²) in [5, 5.41) is 35.4. The number of aromatic nitrogens is 2. The molecule has 18 nitrogen and oxygen atoms in total. The Balaban J connectivity index is 1.62. The van der Waals surface area contributed by atoms with Gasteiger partial charge in [0.05, 0.1) is 17.3 Å². The number of hydrogen-bond acceptors (Lipinski definition) is 16. The molecule has 0 radical (unpaired) electrons. The van der Waals surface area contributed by atoms with Crippen LogP contribution in [0.5, 0.6) is 17.2 Å². The number of hydrogen-bond donors (Lipinski definition) is 8. The predicted octanol–water partition coefficient (Wildman–Crippen LogP) is 3.06. The molecular weight excluding hydrogens is 873 g/mol. The highest BCUT2D eigenvalue weighted by atomic mass is 16.5. The number of nitrogens with one attached hydrogen (secondary N) is 1. The molecule has 4 bridgehead atoms. The standard InChI is InChI=1S/C50H66N8O10/c1-26-16-40(63)44(58(7)49(66)31(14-15-51)20-39(62)43-27(2)55-47(57-46(43)54)30-9-11-33(12-10-30)50(4,5)6)32-19-37(45(64)42(21-32)68-25-35(61)23-53)36-17-29(18-38(28(3)59)56-48(26)65)8-13-41(36)67-24-34(60)22-52/h8-13,17,19,21,26,31,34-35,38,44,60-61,64H,14-16,18,20,22-25,51-53H2,1-7H3,(H,56,65)(H2,54,55,57)/t26-,31-,34-,35-,38+,44+/m1/s1. The van der Waals surface area contributed by atoms with Gasteiger partial charge in [0.2, 0.25) is 11.8 Å². The zero-order valence-electron chi connectivity index (χ0n) is 39.9. The van der Waals surface area contributed by atoms with E-state index in [0.29, 0.717) is 22.6 Å². The van der Waals surface area contributed by atoms with Crippen LogP contribution in [0.25, 0.3) is 22.5 Å². The van der Waals surface area contributed by atoms with E-state index in [2.05, 4.69) is 36.1 Å². The molecule has 12 N–H and O–H groups in total. The van der Waals surface area contributed by atoms with Gasteiger partial charge in [-0.25, -0.2) is 9.97 Å². The number of aromatic hydroxyl groups is 1. The van der Waals surface area contributed by atoms with Crippen LogP contribution in [0.4, 0.5) is 5.82 Å².